The van der Waals surface area contributed by atoms with Crippen LogP contribution in [0.25, 0.3) is 5.65 Å². The van der Waals surface area contributed by atoms with Crippen molar-refractivity contribution in [3.8, 4) is 17.4 Å². The highest BCUT2D eigenvalue weighted by Gasteiger charge is 2.44. The van der Waals surface area contributed by atoms with Crippen molar-refractivity contribution in [3.05, 3.63) is 88.7 Å². The number of Topliss-reactive ketones (excluding diaryl/α,β-unsaturated/α-hetero) is 1. The smallest absolute Gasteiger partial charge is 0.228 e. The van der Waals surface area contributed by atoms with Gasteiger partial charge in [0.2, 0.25) is 5.88 Å². The number of ether oxygens (including phenoxy) is 3. The van der Waals surface area contributed by atoms with E-state index in [0.717, 1.165) is 11.1 Å². The summed E-state index contributed by atoms with van der Waals surface area (Å²) in [6.45, 7) is 4.20. The second kappa shape index (κ2) is 10.1. The van der Waals surface area contributed by atoms with E-state index in [-0.39, 0.29) is 17.8 Å². The van der Waals surface area contributed by atoms with Gasteiger partial charge in [-0.2, -0.15) is 0 Å². The lowest BCUT2D eigenvalue weighted by atomic mass is 9.70. The number of oxime groups is 1. The average molecular weight is 540 g/mol. The Kier molecular flexibility index (Phi) is 6.45. The Morgan fingerprint density at radius 1 is 1.10 bits per heavy atom. The minimum atomic E-state index is -0.479. The van der Waals surface area contributed by atoms with E-state index < -0.39 is 5.92 Å². The van der Waals surface area contributed by atoms with E-state index in [4.69, 9.17) is 24.0 Å². The minimum absolute atomic E-state index is 0.0389. The SMILES string of the molecule is COc1ccc([C@@H]2C3=C(CC(C)(C)CC3=O)Oc3ncn4nc(CO/N=C\c5ccccc5)nc4c32)cc1OC. The lowest BCUT2D eigenvalue weighted by Crippen LogP contribution is -2.33. The zero-order valence-electron chi connectivity index (χ0n) is 22.7. The van der Waals surface area contributed by atoms with Crippen LogP contribution in [0.5, 0.6) is 17.4 Å². The molecule has 0 fully saturated rings. The van der Waals surface area contributed by atoms with Crippen molar-refractivity contribution in [2.75, 3.05) is 14.2 Å². The van der Waals surface area contributed by atoms with Crippen molar-refractivity contribution in [1.29, 1.82) is 0 Å². The fourth-order valence-corrected chi connectivity index (χ4v) is 5.35. The maximum atomic E-state index is 13.7. The van der Waals surface area contributed by atoms with Gasteiger partial charge in [0.15, 0.2) is 35.4 Å². The van der Waals surface area contributed by atoms with Crippen molar-refractivity contribution >= 4 is 17.6 Å². The third-order valence-corrected chi connectivity index (χ3v) is 7.12. The number of aromatic nitrogens is 4. The van der Waals surface area contributed by atoms with Crippen molar-refractivity contribution in [1.82, 2.24) is 19.6 Å². The number of carbonyl (C=O) groups is 1. The Balaban J connectivity index is 1.43. The van der Waals surface area contributed by atoms with Gasteiger partial charge in [0, 0.05) is 18.4 Å². The number of allylic oxidation sites excluding steroid dienone is 2. The van der Waals surface area contributed by atoms with E-state index in [2.05, 4.69) is 29.1 Å². The molecule has 1 aliphatic carbocycles. The van der Waals surface area contributed by atoms with Gasteiger partial charge >= 0.3 is 0 Å². The quantitative estimate of drug-likeness (QED) is 0.242. The second-order valence-corrected chi connectivity index (χ2v) is 10.6. The van der Waals surface area contributed by atoms with E-state index >= 15 is 0 Å². The van der Waals surface area contributed by atoms with Gasteiger partial charge in [0.1, 0.15) is 12.1 Å². The number of fused-ring (bicyclic) bond motifs is 3. The molecule has 10 heteroatoms. The Morgan fingerprint density at radius 3 is 2.67 bits per heavy atom. The van der Waals surface area contributed by atoms with E-state index in [1.54, 1.807) is 31.3 Å². The molecule has 0 radical (unpaired) electrons. The Labute approximate surface area is 231 Å². The molecular weight excluding hydrogens is 510 g/mol. The highest BCUT2D eigenvalue weighted by atomic mass is 16.6. The summed E-state index contributed by atoms with van der Waals surface area (Å²) in [6.07, 6.45) is 4.22. The zero-order chi connectivity index (χ0) is 27.9. The molecular formula is C30H29N5O5. The third kappa shape index (κ3) is 4.66. The molecule has 3 heterocycles. The van der Waals surface area contributed by atoms with Gasteiger partial charge in [0.25, 0.3) is 0 Å². The second-order valence-electron chi connectivity index (χ2n) is 10.6. The van der Waals surface area contributed by atoms with Gasteiger partial charge in [0.05, 0.1) is 31.9 Å². The highest BCUT2D eigenvalue weighted by molar-refractivity contribution is 6.00. The number of methoxy groups -OCH3 is 2. The molecule has 0 saturated heterocycles. The van der Waals surface area contributed by atoms with E-state index in [9.17, 15) is 4.79 Å². The van der Waals surface area contributed by atoms with Crippen LogP contribution in [0.4, 0.5) is 0 Å². The normalized spacial score (nSPS) is 17.9. The number of hydrogen-bond donors (Lipinski definition) is 0. The van der Waals surface area contributed by atoms with Gasteiger partial charge in [-0.25, -0.2) is 14.5 Å². The van der Waals surface area contributed by atoms with Crippen LogP contribution in [0, 0.1) is 5.41 Å². The third-order valence-electron chi connectivity index (χ3n) is 7.12. The Morgan fingerprint density at radius 2 is 1.90 bits per heavy atom. The largest absolute Gasteiger partial charge is 0.493 e. The van der Waals surface area contributed by atoms with Crippen LogP contribution in [0.15, 0.2) is 71.3 Å². The molecule has 1 aliphatic heterocycles. The fraction of sp³-hybridized carbons (Fsp3) is 0.300. The molecule has 1 atom stereocenters. The van der Waals surface area contributed by atoms with Gasteiger partial charge in [-0.1, -0.05) is 55.4 Å². The number of hydrogen-bond acceptors (Lipinski definition) is 9. The van der Waals surface area contributed by atoms with Gasteiger partial charge in [-0.05, 0) is 28.7 Å². The van der Waals surface area contributed by atoms with Crippen LogP contribution >= 0.6 is 0 Å². The number of ketones is 1. The summed E-state index contributed by atoms with van der Waals surface area (Å²) < 4.78 is 19.0. The lowest BCUT2D eigenvalue weighted by Gasteiger charge is -2.37. The molecule has 0 bridgehead atoms. The maximum Gasteiger partial charge on any atom is 0.228 e. The Bertz CT molecular complexity index is 1660. The van der Waals surface area contributed by atoms with Crippen molar-refractivity contribution < 1.29 is 23.8 Å². The van der Waals surface area contributed by atoms with Crippen molar-refractivity contribution in [3.63, 3.8) is 0 Å². The maximum absolute atomic E-state index is 13.7. The molecule has 0 spiro atoms. The van der Waals surface area contributed by atoms with Crippen LogP contribution in [0.3, 0.4) is 0 Å². The van der Waals surface area contributed by atoms with Crippen LogP contribution in [-0.4, -0.2) is 45.8 Å². The molecule has 0 amide bonds. The molecule has 40 heavy (non-hydrogen) atoms. The summed E-state index contributed by atoms with van der Waals surface area (Å²) in [7, 11) is 3.18. The van der Waals surface area contributed by atoms with E-state index in [1.165, 1.54) is 0 Å². The predicted octanol–water partition coefficient (Wildman–Crippen LogP) is 4.86. The first-order valence-corrected chi connectivity index (χ1v) is 13.0. The first kappa shape index (κ1) is 25.5. The summed E-state index contributed by atoms with van der Waals surface area (Å²) in [5.74, 6) is 2.18. The molecule has 2 aromatic carbocycles. The number of nitrogens with zero attached hydrogens (tertiary/aromatic N) is 5. The molecule has 4 aromatic rings. The molecule has 2 aromatic heterocycles. The van der Waals surface area contributed by atoms with Crippen molar-refractivity contribution in [2.45, 2.75) is 39.2 Å². The molecule has 10 nitrogen and oxygen atoms in total. The summed E-state index contributed by atoms with van der Waals surface area (Å²) in [4.78, 5) is 28.5. The summed E-state index contributed by atoms with van der Waals surface area (Å²) >= 11 is 0. The topological polar surface area (TPSA) is 109 Å². The van der Waals surface area contributed by atoms with E-state index in [1.807, 2.05) is 48.5 Å². The fourth-order valence-electron chi connectivity index (χ4n) is 5.35. The average Bonchev–Trinajstić information content (AvgIpc) is 3.37. The van der Waals surface area contributed by atoms with Crippen LogP contribution in [0.2, 0.25) is 0 Å². The number of benzene rings is 2. The van der Waals surface area contributed by atoms with Crippen LogP contribution in [0.1, 0.15) is 55.1 Å². The summed E-state index contributed by atoms with van der Waals surface area (Å²) in [5, 5.41) is 8.58. The molecule has 0 unspecified atom stereocenters. The lowest BCUT2D eigenvalue weighted by molar-refractivity contribution is -0.118. The van der Waals surface area contributed by atoms with Gasteiger partial charge < -0.3 is 19.0 Å². The molecule has 0 N–H and O–H groups in total. The summed E-state index contributed by atoms with van der Waals surface area (Å²) in [5.41, 5.74) is 3.34. The van der Waals surface area contributed by atoms with Gasteiger partial charge in [-0.15, -0.1) is 5.10 Å². The van der Waals surface area contributed by atoms with E-state index in [0.29, 0.717) is 58.6 Å². The number of rotatable bonds is 7. The molecule has 2 aliphatic rings. The molecule has 6 rings (SSSR count). The zero-order valence-corrected chi connectivity index (χ0v) is 22.7. The van der Waals surface area contributed by atoms with Crippen LogP contribution < -0.4 is 14.2 Å². The van der Waals surface area contributed by atoms with Gasteiger partial charge in [-0.3, -0.25) is 4.79 Å². The predicted molar refractivity (Wildman–Crippen MR) is 147 cm³/mol. The van der Waals surface area contributed by atoms with Crippen molar-refractivity contribution in [2.24, 2.45) is 10.6 Å². The summed E-state index contributed by atoms with van der Waals surface area (Å²) in [6, 6.07) is 15.3. The molecule has 204 valence electrons. The monoisotopic (exact) mass is 539 g/mol. The molecule has 0 saturated carbocycles. The highest BCUT2D eigenvalue weighted by Crippen LogP contribution is 2.51. The first-order valence-electron chi connectivity index (χ1n) is 13.0. The number of carbonyl (C=O) groups excluding carboxylic acids is 1. The standard InChI is InChI=1S/C30H29N5O5/c1-30(2)13-20(36)26-23(14-30)40-29-27(25(26)19-10-11-21(37-3)22(12-19)38-4)28-33-24(34-35(28)17-31-29)16-39-32-15-18-8-6-5-7-9-18/h5-12,15,17,25H,13-14,16H2,1-4H3/b32-15-/t25-/m1/s1. The minimum Gasteiger partial charge on any atom is -0.493 e. The Hall–Kier alpha value is -4.73. The van der Waals surface area contributed by atoms with Crippen LogP contribution in [-0.2, 0) is 16.2 Å². The first-order chi connectivity index (χ1) is 19.4.